The molecule has 1 aliphatic rings. The van der Waals surface area contributed by atoms with Crippen LogP contribution in [0.1, 0.15) is 49.3 Å². The van der Waals surface area contributed by atoms with E-state index < -0.39 is 6.10 Å². The number of carbonyl (C=O) groups is 1. The monoisotopic (exact) mass is 337 g/mol. The zero-order valence-corrected chi connectivity index (χ0v) is 15.1. The number of hydrogen-bond donors (Lipinski definition) is 1. The van der Waals surface area contributed by atoms with Crippen molar-refractivity contribution in [3.63, 3.8) is 0 Å². The first kappa shape index (κ1) is 17.5. The molecule has 3 rings (SSSR count). The van der Waals surface area contributed by atoms with Crippen LogP contribution in [0.3, 0.4) is 0 Å². The molecule has 132 valence electrons. The largest absolute Gasteiger partial charge is 0.481 e. The molecule has 2 atom stereocenters. The van der Waals surface area contributed by atoms with E-state index in [1.165, 1.54) is 29.5 Å². The molecule has 2 aromatic rings. The molecule has 0 saturated heterocycles. The van der Waals surface area contributed by atoms with Crippen molar-refractivity contribution < 1.29 is 9.53 Å². The maximum Gasteiger partial charge on any atom is 0.260 e. The number of fused-ring (bicyclic) bond motifs is 1. The molecular weight excluding hydrogens is 310 g/mol. The fourth-order valence-electron chi connectivity index (χ4n) is 3.40. The van der Waals surface area contributed by atoms with Gasteiger partial charge in [0.1, 0.15) is 5.75 Å². The van der Waals surface area contributed by atoms with Gasteiger partial charge in [-0.15, -0.1) is 0 Å². The molecule has 0 heterocycles. The van der Waals surface area contributed by atoms with E-state index in [4.69, 9.17) is 4.74 Å². The second-order valence-electron chi connectivity index (χ2n) is 6.92. The van der Waals surface area contributed by atoms with Gasteiger partial charge in [-0.2, -0.15) is 0 Å². The van der Waals surface area contributed by atoms with Gasteiger partial charge < -0.3 is 10.1 Å². The van der Waals surface area contributed by atoms with Crippen molar-refractivity contribution in [3.05, 3.63) is 65.2 Å². The molecule has 0 fully saturated rings. The van der Waals surface area contributed by atoms with E-state index in [1.807, 2.05) is 37.3 Å². The van der Waals surface area contributed by atoms with Crippen LogP contribution in [-0.2, 0) is 17.6 Å². The standard InChI is InChI=1S/C22H27NO2/c1-16(18-9-4-3-5-10-18)15-23-22(24)17(2)25-21-14-8-12-19-11-6-7-13-20(19)21/h3-5,8-10,12,14,16-17H,6-7,11,13,15H2,1-2H3,(H,23,24). The van der Waals surface area contributed by atoms with Crippen LogP contribution in [0.4, 0.5) is 0 Å². The lowest BCUT2D eigenvalue weighted by atomic mass is 9.91. The summed E-state index contributed by atoms with van der Waals surface area (Å²) in [5, 5.41) is 3.02. The lowest BCUT2D eigenvalue weighted by Gasteiger charge is -2.22. The van der Waals surface area contributed by atoms with Gasteiger partial charge in [0, 0.05) is 6.54 Å². The van der Waals surface area contributed by atoms with Crippen molar-refractivity contribution >= 4 is 5.91 Å². The average molecular weight is 337 g/mol. The predicted molar refractivity (Wildman–Crippen MR) is 101 cm³/mol. The summed E-state index contributed by atoms with van der Waals surface area (Å²) in [6.07, 6.45) is 4.11. The SMILES string of the molecule is CC(Oc1cccc2c1CCCC2)C(=O)NCC(C)c1ccccc1. The van der Waals surface area contributed by atoms with Gasteiger partial charge in [-0.05, 0) is 61.3 Å². The maximum atomic E-state index is 12.4. The number of ether oxygens (including phenoxy) is 1. The Hall–Kier alpha value is -2.29. The normalized spacial score (nSPS) is 15.8. The highest BCUT2D eigenvalue weighted by Crippen LogP contribution is 2.30. The van der Waals surface area contributed by atoms with E-state index >= 15 is 0 Å². The van der Waals surface area contributed by atoms with Crippen LogP contribution in [0.15, 0.2) is 48.5 Å². The van der Waals surface area contributed by atoms with Gasteiger partial charge in [0.2, 0.25) is 0 Å². The van der Waals surface area contributed by atoms with Crippen molar-refractivity contribution in [2.75, 3.05) is 6.54 Å². The molecule has 1 N–H and O–H groups in total. The van der Waals surface area contributed by atoms with Gasteiger partial charge in [-0.1, -0.05) is 49.4 Å². The van der Waals surface area contributed by atoms with Gasteiger partial charge >= 0.3 is 0 Å². The zero-order valence-electron chi connectivity index (χ0n) is 15.1. The third-order valence-electron chi connectivity index (χ3n) is 4.98. The Morgan fingerprint density at radius 3 is 2.60 bits per heavy atom. The van der Waals surface area contributed by atoms with E-state index in [-0.39, 0.29) is 11.8 Å². The Balaban J connectivity index is 1.56. The second kappa shape index (κ2) is 8.19. The number of hydrogen-bond acceptors (Lipinski definition) is 2. The minimum absolute atomic E-state index is 0.0591. The number of amides is 1. The van der Waals surface area contributed by atoms with Crippen LogP contribution in [0, 0.1) is 0 Å². The first-order chi connectivity index (χ1) is 12.1. The average Bonchev–Trinajstić information content (AvgIpc) is 2.66. The summed E-state index contributed by atoms with van der Waals surface area (Å²) in [7, 11) is 0. The lowest BCUT2D eigenvalue weighted by molar-refractivity contribution is -0.127. The molecule has 0 saturated carbocycles. The number of nitrogens with one attached hydrogen (secondary N) is 1. The van der Waals surface area contributed by atoms with Gasteiger partial charge in [-0.3, -0.25) is 4.79 Å². The van der Waals surface area contributed by atoms with E-state index in [0.717, 1.165) is 18.6 Å². The molecule has 3 nitrogen and oxygen atoms in total. The molecule has 0 aromatic heterocycles. The zero-order chi connectivity index (χ0) is 17.6. The summed E-state index contributed by atoms with van der Waals surface area (Å²) >= 11 is 0. The van der Waals surface area contributed by atoms with Crippen LogP contribution in [0.5, 0.6) is 5.75 Å². The number of carbonyl (C=O) groups excluding carboxylic acids is 1. The van der Waals surface area contributed by atoms with Crippen LogP contribution in [0.2, 0.25) is 0 Å². The number of benzene rings is 2. The van der Waals surface area contributed by atoms with Gasteiger partial charge in [0.15, 0.2) is 6.10 Å². The van der Waals surface area contributed by atoms with E-state index in [1.54, 1.807) is 0 Å². The van der Waals surface area contributed by atoms with Crippen molar-refractivity contribution in [1.82, 2.24) is 5.32 Å². The Morgan fingerprint density at radius 2 is 1.80 bits per heavy atom. The lowest BCUT2D eigenvalue weighted by Crippen LogP contribution is -2.38. The molecule has 3 heteroatoms. The minimum atomic E-state index is -0.489. The second-order valence-corrected chi connectivity index (χ2v) is 6.92. The summed E-state index contributed by atoms with van der Waals surface area (Å²) < 4.78 is 6.00. The van der Waals surface area contributed by atoms with Crippen molar-refractivity contribution in [2.45, 2.75) is 51.6 Å². The smallest absolute Gasteiger partial charge is 0.260 e. The van der Waals surface area contributed by atoms with Gasteiger partial charge in [-0.25, -0.2) is 0 Å². The molecule has 2 unspecified atom stereocenters. The fourth-order valence-corrected chi connectivity index (χ4v) is 3.40. The third-order valence-corrected chi connectivity index (χ3v) is 4.98. The van der Waals surface area contributed by atoms with E-state index in [2.05, 4.69) is 30.4 Å². The first-order valence-corrected chi connectivity index (χ1v) is 9.25. The van der Waals surface area contributed by atoms with E-state index in [0.29, 0.717) is 6.54 Å². The van der Waals surface area contributed by atoms with Crippen LogP contribution >= 0.6 is 0 Å². The molecule has 1 amide bonds. The molecule has 0 aliphatic heterocycles. The highest BCUT2D eigenvalue weighted by molar-refractivity contribution is 5.80. The topological polar surface area (TPSA) is 38.3 Å². The van der Waals surface area contributed by atoms with Crippen LogP contribution in [-0.4, -0.2) is 18.6 Å². The quantitative estimate of drug-likeness (QED) is 0.855. The first-order valence-electron chi connectivity index (χ1n) is 9.25. The van der Waals surface area contributed by atoms with Gasteiger partial charge in [0.05, 0.1) is 0 Å². The summed E-state index contributed by atoms with van der Waals surface area (Å²) in [5.41, 5.74) is 3.88. The Bertz CT molecular complexity index is 711. The summed E-state index contributed by atoms with van der Waals surface area (Å²) in [6.45, 7) is 4.56. The molecule has 0 bridgehead atoms. The molecule has 1 aliphatic carbocycles. The van der Waals surface area contributed by atoms with Gasteiger partial charge in [0.25, 0.3) is 5.91 Å². The van der Waals surface area contributed by atoms with Crippen LogP contribution < -0.4 is 10.1 Å². The fraction of sp³-hybridized carbons (Fsp3) is 0.409. The molecule has 2 aromatic carbocycles. The highest BCUT2D eigenvalue weighted by atomic mass is 16.5. The summed E-state index contributed by atoms with van der Waals surface area (Å²) in [6, 6.07) is 16.4. The van der Waals surface area contributed by atoms with Crippen molar-refractivity contribution in [1.29, 1.82) is 0 Å². The Morgan fingerprint density at radius 1 is 1.04 bits per heavy atom. The van der Waals surface area contributed by atoms with E-state index in [9.17, 15) is 4.79 Å². The number of aryl methyl sites for hydroxylation is 1. The number of rotatable bonds is 6. The highest BCUT2D eigenvalue weighted by Gasteiger charge is 2.19. The molecule has 0 spiro atoms. The third kappa shape index (κ3) is 4.41. The molecule has 0 radical (unpaired) electrons. The van der Waals surface area contributed by atoms with Crippen molar-refractivity contribution in [2.24, 2.45) is 0 Å². The Kier molecular flexibility index (Phi) is 5.75. The summed E-state index contributed by atoms with van der Waals surface area (Å²) in [5.74, 6) is 1.09. The Labute approximate surface area is 150 Å². The molecule has 25 heavy (non-hydrogen) atoms. The minimum Gasteiger partial charge on any atom is -0.481 e. The van der Waals surface area contributed by atoms with Crippen LogP contribution in [0.25, 0.3) is 0 Å². The molecular formula is C22H27NO2. The predicted octanol–water partition coefficient (Wildman–Crippen LogP) is 4.25. The maximum absolute atomic E-state index is 12.4. The van der Waals surface area contributed by atoms with Crippen molar-refractivity contribution in [3.8, 4) is 5.75 Å². The summed E-state index contributed by atoms with van der Waals surface area (Å²) in [4.78, 5) is 12.4.